The number of aryl methyl sites for hydroxylation is 1. The van der Waals surface area contributed by atoms with Crippen LogP contribution in [0.25, 0.3) is 0 Å². The molecular formula is C19H16N2OS2. The third kappa shape index (κ3) is 2.81. The summed E-state index contributed by atoms with van der Waals surface area (Å²) in [5, 5.41) is 10.4. The van der Waals surface area contributed by atoms with Crippen LogP contribution >= 0.6 is 22.7 Å². The molecule has 3 nitrogen and oxygen atoms in total. The molecule has 5 heteroatoms. The lowest BCUT2D eigenvalue weighted by molar-refractivity contribution is 0.0713. The number of hydrazone groups is 1. The van der Waals surface area contributed by atoms with Gasteiger partial charge in [0.15, 0.2) is 0 Å². The van der Waals surface area contributed by atoms with Crippen LogP contribution in [0, 0.1) is 6.92 Å². The first-order chi connectivity index (χ1) is 11.7. The van der Waals surface area contributed by atoms with Gasteiger partial charge >= 0.3 is 0 Å². The normalized spacial score (nSPS) is 17.1. The zero-order chi connectivity index (χ0) is 16.5. The van der Waals surface area contributed by atoms with Gasteiger partial charge in [-0.15, -0.1) is 22.7 Å². The topological polar surface area (TPSA) is 32.7 Å². The summed E-state index contributed by atoms with van der Waals surface area (Å²) in [5.74, 6) is -0.0383. The second kappa shape index (κ2) is 6.34. The van der Waals surface area contributed by atoms with Crippen molar-refractivity contribution in [1.29, 1.82) is 0 Å². The van der Waals surface area contributed by atoms with Crippen LogP contribution in [-0.2, 0) is 0 Å². The minimum Gasteiger partial charge on any atom is -0.267 e. The lowest BCUT2D eigenvalue weighted by Crippen LogP contribution is -2.26. The second-order valence-corrected chi connectivity index (χ2v) is 7.71. The van der Waals surface area contributed by atoms with Crippen LogP contribution in [0.4, 0.5) is 0 Å². The number of benzene rings is 1. The molecule has 1 atom stereocenters. The molecule has 1 amide bonds. The minimum absolute atomic E-state index is 0.0184. The van der Waals surface area contributed by atoms with Crippen LogP contribution in [0.3, 0.4) is 0 Å². The van der Waals surface area contributed by atoms with Crippen LogP contribution in [-0.4, -0.2) is 16.6 Å². The second-order valence-electron chi connectivity index (χ2n) is 5.78. The molecule has 1 aromatic carbocycles. The molecule has 4 rings (SSSR count). The van der Waals surface area contributed by atoms with Gasteiger partial charge in [0, 0.05) is 16.9 Å². The molecule has 1 unspecified atom stereocenters. The van der Waals surface area contributed by atoms with E-state index in [4.69, 9.17) is 5.10 Å². The van der Waals surface area contributed by atoms with Gasteiger partial charge in [-0.2, -0.15) is 5.10 Å². The van der Waals surface area contributed by atoms with E-state index in [1.807, 2.05) is 54.1 Å². The number of carbonyl (C=O) groups is 1. The Labute approximate surface area is 148 Å². The fourth-order valence-corrected chi connectivity index (χ4v) is 4.43. The van der Waals surface area contributed by atoms with E-state index in [1.54, 1.807) is 27.7 Å². The maximum Gasteiger partial charge on any atom is 0.274 e. The summed E-state index contributed by atoms with van der Waals surface area (Å²) in [4.78, 5) is 15.4. The Morgan fingerprint density at radius 3 is 2.67 bits per heavy atom. The van der Waals surface area contributed by atoms with Crippen molar-refractivity contribution in [3.05, 3.63) is 80.2 Å². The minimum atomic E-state index is -0.0383. The average Bonchev–Trinajstić information content (AvgIpc) is 3.32. The Bertz CT molecular complexity index is 882. The van der Waals surface area contributed by atoms with Crippen molar-refractivity contribution in [3.63, 3.8) is 0 Å². The molecule has 0 saturated heterocycles. The van der Waals surface area contributed by atoms with E-state index < -0.39 is 0 Å². The molecule has 2 aromatic heterocycles. The van der Waals surface area contributed by atoms with Crippen LogP contribution < -0.4 is 0 Å². The fourth-order valence-electron chi connectivity index (χ4n) is 2.90. The highest BCUT2D eigenvalue weighted by molar-refractivity contribution is 7.12. The largest absolute Gasteiger partial charge is 0.274 e. The van der Waals surface area contributed by atoms with Crippen molar-refractivity contribution in [2.24, 2.45) is 5.10 Å². The van der Waals surface area contributed by atoms with E-state index in [2.05, 4.69) is 12.1 Å². The number of hydrogen-bond acceptors (Lipinski definition) is 4. The van der Waals surface area contributed by atoms with E-state index in [9.17, 15) is 4.79 Å². The van der Waals surface area contributed by atoms with Gasteiger partial charge in [0.1, 0.15) is 0 Å². The monoisotopic (exact) mass is 352 g/mol. The third-order valence-electron chi connectivity index (χ3n) is 4.06. The number of thiophene rings is 2. The molecule has 24 heavy (non-hydrogen) atoms. The van der Waals surface area contributed by atoms with Crippen LogP contribution in [0.1, 0.15) is 38.1 Å². The van der Waals surface area contributed by atoms with Gasteiger partial charge in [0.2, 0.25) is 0 Å². The lowest BCUT2D eigenvalue weighted by Gasteiger charge is -2.20. The molecule has 0 saturated carbocycles. The Balaban J connectivity index is 1.72. The molecule has 0 bridgehead atoms. The molecule has 0 spiro atoms. The van der Waals surface area contributed by atoms with Crippen molar-refractivity contribution in [2.45, 2.75) is 19.4 Å². The van der Waals surface area contributed by atoms with Crippen molar-refractivity contribution >= 4 is 34.3 Å². The molecule has 3 heterocycles. The Morgan fingerprint density at radius 2 is 1.96 bits per heavy atom. The average molecular weight is 352 g/mol. The molecule has 0 fully saturated rings. The summed E-state index contributed by atoms with van der Waals surface area (Å²) < 4.78 is 0. The number of carbonyl (C=O) groups excluding carboxylic acids is 1. The van der Waals surface area contributed by atoms with E-state index in [1.165, 1.54) is 4.88 Å². The first-order valence-electron chi connectivity index (χ1n) is 7.77. The molecule has 0 N–H and O–H groups in total. The maximum absolute atomic E-state index is 13.0. The van der Waals surface area contributed by atoms with Gasteiger partial charge in [0.25, 0.3) is 5.91 Å². The van der Waals surface area contributed by atoms with Crippen LogP contribution in [0.5, 0.6) is 0 Å². The van der Waals surface area contributed by atoms with Crippen molar-refractivity contribution < 1.29 is 4.79 Å². The summed E-state index contributed by atoms with van der Waals surface area (Å²) in [5.41, 5.74) is 2.76. The Hall–Kier alpha value is -2.24. The van der Waals surface area contributed by atoms with Crippen LogP contribution in [0.15, 0.2) is 64.4 Å². The first kappa shape index (κ1) is 15.3. The predicted octanol–water partition coefficient (Wildman–Crippen LogP) is 5.11. The highest BCUT2D eigenvalue weighted by Gasteiger charge is 2.34. The van der Waals surface area contributed by atoms with Crippen molar-refractivity contribution in [2.75, 3.05) is 0 Å². The van der Waals surface area contributed by atoms with E-state index in [0.717, 1.165) is 22.6 Å². The highest BCUT2D eigenvalue weighted by Crippen LogP contribution is 2.36. The van der Waals surface area contributed by atoms with Gasteiger partial charge < -0.3 is 0 Å². The van der Waals surface area contributed by atoms with Gasteiger partial charge in [-0.3, -0.25) is 4.79 Å². The summed E-state index contributed by atoms with van der Waals surface area (Å²) in [7, 11) is 0. The summed E-state index contributed by atoms with van der Waals surface area (Å²) in [6, 6.07) is 15.9. The van der Waals surface area contributed by atoms with Gasteiger partial charge in [0.05, 0.1) is 16.6 Å². The van der Waals surface area contributed by atoms with E-state index in [0.29, 0.717) is 5.56 Å². The number of nitrogens with zero attached hydrogens (tertiary/aromatic N) is 2. The quantitative estimate of drug-likeness (QED) is 0.645. The van der Waals surface area contributed by atoms with E-state index in [-0.39, 0.29) is 11.9 Å². The Kier molecular flexibility index (Phi) is 4.04. The zero-order valence-corrected chi connectivity index (χ0v) is 14.8. The summed E-state index contributed by atoms with van der Waals surface area (Å²) in [6.45, 7) is 2.00. The number of hydrogen-bond donors (Lipinski definition) is 0. The number of amides is 1. The van der Waals surface area contributed by atoms with Gasteiger partial charge in [-0.25, -0.2) is 5.01 Å². The van der Waals surface area contributed by atoms with Gasteiger partial charge in [-0.1, -0.05) is 29.8 Å². The predicted molar refractivity (Wildman–Crippen MR) is 99.9 cm³/mol. The smallest absolute Gasteiger partial charge is 0.267 e. The van der Waals surface area contributed by atoms with Crippen LogP contribution in [0.2, 0.25) is 0 Å². The third-order valence-corrected chi connectivity index (χ3v) is 5.95. The standard InChI is InChI=1S/C19H16N2OS2/c1-13-5-2-6-14(11-13)19(22)21-16(18-8-4-10-24-18)12-15(20-21)17-7-3-9-23-17/h2-11,16H,12H2,1H3. The SMILES string of the molecule is Cc1cccc(C(=O)N2N=C(c3cccs3)CC2c2cccs2)c1. The maximum atomic E-state index is 13.0. The summed E-state index contributed by atoms with van der Waals surface area (Å²) in [6.07, 6.45) is 0.762. The zero-order valence-electron chi connectivity index (χ0n) is 13.2. The Morgan fingerprint density at radius 1 is 1.12 bits per heavy atom. The molecular weight excluding hydrogens is 336 g/mol. The molecule has 1 aliphatic heterocycles. The first-order valence-corrected chi connectivity index (χ1v) is 9.53. The number of rotatable bonds is 3. The summed E-state index contributed by atoms with van der Waals surface area (Å²) >= 11 is 3.34. The van der Waals surface area contributed by atoms with E-state index >= 15 is 0 Å². The molecule has 0 aliphatic carbocycles. The van der Waals surface area contributed by atoms with Gasteiger partial charge in [-0.05, 0) is 41.9 Å². The van der Waals surface area contributed by atoms with Crippen molar-refractivity contribution in [3.8, 4) is 0 Å². The molecule has 0 radical (unpaired) electrons. The fraction of sp³-hybridized carbons (Fsp3) is 0.158. The lowest BCUT2D eigenvalue weighted by atomic mass is 10.1. The molecule has 1 aliphatic rings. The molecule has 3 aromatic rings. The molecule has 120 valence electrons. The van der Waals surface area contributed by atoms with Crippen molar-refractivity contribution in [1.82, 2.24) is 5.01 Å². The highest BCUT2D eigenvalue weighted by atomic mass is 32.1.